The van der Waals surface area contributed by atoms with Gasteiger partial charge in [-0.1, -0.05) is 31.0 Å². The van der Waals surface area contributed by atoms with Gasteiger partial charge in [0, 0.05) is 0 Å². The second kappa shape index (κ2) is 4.76. The molecule has 5 heteroatoms. The lowest BCUT2D eigenvalue weighted by atomic mass is 10.0. The smallest absolute Gasteiger partial charge is 0.241 e. The van der Waals surface area contributed by atoms with Crippen molar-refractivity contribution >= 4 is 10.0 Å². The van der Waals surface area contributed by atoms with Crippen LogP contribution in [0.3, 0.4) is 0 Å². The lowest BCUT2D eigenvalue weighted by molar-refractivity contribution is 0.185. The van der Waals surface area contributed by atoms with Gasteiger partial charge < -0.3 is 5.11 Å². The zero-order chi connectivity index (χ0) is 12.4. The molecule has 0 saturated heterocycles. The largest absolute Gasteiger partial charge is 0.394 e. The molecule has 17 heavy (non-hydrogen) atoms. The Balaban J connectivity index is 2.23. The van der Waals surface area contributed by atoms with E-state index in [-0.39, 0.29) is 11.5 Å². The molecule has 1 fully saturated rings. The highest BCUT2D eigenvalue weighted by Crippen LogP contribution is 2.30. The molecule has 0 aromatic heterocycles. The second-order valence-corrected chi connectivity index (χ2v) is 6.25. The standard InChI is InChI=1S/C12H17NO3S/c14-10-12(8-4-5-9-12)13-17(15,16)11-6-2-1-3-7-11/h1-3,6-7,13-14H,4-5,8-10H2. The Labute approximate surface area is 102 Å². The predicted octanol–water partition coefficient (Wildman–Crippen LogP) is 1.27. The van der Waals surface area contributed by atoms with Crippen LogP contribution >= 0.6 is 0 Å². The van der Waals surface area contributed by atoms with Gasteiger partial charge in [-0.05, 0) is 25.0 Å². The van der Waals surface area contributed by atoms with Gasteiger partial charge in [0.25, 0.3) is 0 Å². The van der Waals surface area contributed by atoms with Gasteiger partial charge in [-0.25, -0.2) is 13.1 Å². The third kappa shape index (κ3) is 2.68. The number of aliphatic hydroxyl groups is 1. The van der Waals surface area contributed by atoms with Crippen molar-refractivity contribution in [3.8, 4) is 0 Å². The molecule has 0 amide bonds. The van der Waals surface area contributed by atoms with Gasteiger partial charge in [0.05, 0.1) is 17.0 Å². The van der Waals surface area contributed by atoms with E-state index in [1.54, 1.807) is 30.3 Å². The van der Waals surface area contributed by atoms with E-state index in [0.29, 0.717) is 12.8 Å². The molecular weight excluding hydrogens is 238 g/mol. The summed E-state index contributed by atoms with van der Waals surface area (Å²) >= 11 is 0. The fourth-order valence-corrected chi connectivity index (χ4v) is 3.76. The van der Waals surface area contributed by atoms with E-state index in [4.69, 9.17) is 0 Å². The number of sulfonamides is 1. The average molecular weight is 255 g/mol. The van der Waals surface area contributed by atoms with Crippen molar-refractivity contribution in [1.82, 2.24) is 4.72 Å². The zero-order valence-electron chi connectivity index (χ0n) is 9.59. The topological polar surface area (TPSA) is 66.4 Å². The minimum atomic E-state index is -3.52. The lowest BCUT2D eigenvalue weighted by Crippen LogP contribution is -2.49. The van der Waals surface area contributed by atoms with E-state index >= 15 is 0 Å². The first kappa shape index (κ1) is 12.5. The maximum Gasteiger partial charge on any atom is 0.241 e. The molecule has 0 heterocycles. The van der Waals surface area contributed by atoms with Crippen LogP contribution in [-0.4, -0.2) is 25.7 Å². The molecule has 2 N–H and O–H groups in total. The number of aliphatic hydroxyl groups excluding tert-OH is 1. The quantitative estimate of drug-likeness (QED) is 0.851. The Bertz CT molecular complexity index is 464. The van der Waals surface area contributed by atoms with E-state index in [0.717, 1.165) is 12.8 Å². The van der Waals surface area contributed by atoms with E-state index in [2.05, 4.69) is 4.72 Å². The summed E-state index contributed by atoms with van der Waals surface area (Å²) in [6, 6.07) is 8.27. The van der Waals surface area contributed by atoms with Crippen LogP contribution in [-0.2, 0) is 10.0 Å². The Morgan fingerprint density at radius 3 is 2.29 bits per heavy atom. The monoisotopic (exact) mass is 255 g/mol. The predicted molar refractivity (Wildman–Crippen MR) is 65.0 cm³/mol. The van der Waals surface area contributed by atoms with Crippen molar-refractivity contribution in [1.29, 1.82) is 0 Å². The zero-order valence-corrected chi connectivity index (χ0v) is 10.4. The summed E-state index contributed by atoms with van der Waals surface area (Å²) in [5.74, 6) is 0. The molecule has 0 bridgehead atoms. The van der Waals surface area contributed by atoms with Crippen LogP contribution in [0.1, 0.15) is 25.7 Å². The van der Waals surface area contributed by atoms with Gasteiger partial charge in [-0.15, -0.1) is 0 Å². The molecule has 2 rings (SSSR count). The number of hydrogen-bond donors (Lipinski definition) is 2. The van der Waals surface area contributed by atoms with Gasteiger partial charge in [-0.2, -0.15) is 0 Å². The molecule has 4 nitrogen and oxygen atoms in total. The van der Waals surface area contributed by atoms with Crippen molar-refractivity contribution in [2.45, 2.75) is 36.1 Å². The van der Waals surface area contributed by atoms with Crippen molar-refractivity contribution in [3.63, 3.8) is 0 Å². The molecule has 0 spiro atoms. The third-order valence-electron chi connectivity index (χ3n) is 3.27. The molecule has 1 aromatic carbocycles. The van der Waals surface area contributed by atoms with Crippen molar-refractivity contribution in [2.75, 3.05) is 6.61 Å². The Kier molecular flexibility index (Phi) is 3.51. The highest BCUT2D eigenvalue weighted by atomic mass is 32.2. The van der Waals surface area contributed by atoms with E-state index in [9.17, 15) is 13.5 Å². The first-order valence-corrected chi connectivity index (χ1v) is 7.26. The highest BCUT2D eigenvalue weighted by Gasteiger charge is 2.37. The number of benzene rings is 1. The SMILES string of the molecule is O=S(=O)(NC1(CO)CCCC1)c1ccccc1. The number of nitrogens with one attached hydrogen (secondary N) is 1. The van der Waals surface area contributed by atoms with Crippen LogP contribution in [0.15, 0.2) is 35.2 Å². The molecule has 0 atom stereocenters. The van der Waals surface area contributed by atoms with Crippen LogP contribution in [0.4, 0.5) is 0 Å². The summed E-state index contributed by atoms with van der Waals surface area (Å²) in [6.45, 7) is -0.140. The third-order valence-corrected chi connectivity index (χ3v) is 4.86. The fourth-order valence-electron chi connectivity index (χ4n) is 2.29. The van der Waals surface area contributed by atoms with Crippen molar-refractivity contribution < 1.29 is 13.5 Å². The van der Waals surface area contributed by atoms with Gasteiger partial charge in [0.2, 0.25) is 10.0 Å². The summed E-state index contributed by atoms with van der Waals surface area (Å²) in [5, 5.41) is 9.40. The summed E-state index contributed by atoms with van der Waals surface area (Å²) in [5.41, 5.74) is -0.658. The van der Waals surface area contributed by atoms with Crippen LogP contribution in [0, 0.1) is 0 Å². The van der Waals surface area contributed by atoms with E-state index in [1.165, 1.54) is 0 Å². The minimum Gasteiger partial charge on any atom is -0.394 e. The molecule has 1 aromatic rings. The molecule has 1 aliphatic carbocycles. The van der Waals surface area contributed by atoms with Gasteiger partial charge in [0.1, 0.15) is 0 Å². The van der Waals surface area contributed by atoms with Crippen LogP contribution in [0.25, 0.3) is 0 Å². The van der Waals surface area contributed by atoms with Crippen LogP contribution in [0.5, 0.6) is 0 Å². The van der Waals surface area contributed by atoms with Gasteiger partial charge in [0.15, 0.2) is 0 Å². The molecule has 1 aliphatic rings. The summed E-state index contributed by atoms with van der Waals surface area (Å²) in [4.78, 5) is 0.250. The average Bonchev–Trinajstić information content (AvgIpc) is 2.79. The fraction of sp³-hybridized carbons (Fsp3) is 0.500. The highest BCUT2D eigenvalue weighted by molar-refractivity contribution is 7.89. The summed E-state index contributed by atoms with van der Waals surface area (Å²) < 4.78 is 26.9. The van der Waals surface area contributed by atoms with E-state index < -0.39 is 15.6 Å². The van der Waals surface area contributed by atoms with Crippen LogP contribution in [0.2, 0.25) is 0 Å². The summed E-state index contributed by atoms with van der Waals surface area (Å²) in [7, 11) is -3.52. The molecule has 0 radical (unpaired) electrons. The Hall–Kier alpha value is -0.910. The number of rotatable bonds is 4. The lowest BCUT2D eigenvalue weighted by Gasteiger charge is -2.27. The molecule has 0 aliphatic heterocycles. The Morgan fingerprint density at radius 2 is 1.76 bits per heavy atom. The first-order chi connectivity index (χ1) is 8.08. The van der Waals surface area contributed by atoms with E-state index in [1.807, 2.05) is 0 Å². The first-order valence-electron chi connectivity index (χ1n) is 5.78. The van der Waals surface area contributed by atoms with Crippen molar-refractivity contribution in [2.24, 2.45) is 0 Å². The minimum absolute atomic E-state index is 0.140. The molecule has 94 valence electrons. The molecule has 0 unspecified atom stereocenters. The maximum absolute atomic E-state index is 12.1. The molecular formula is C12H17NO3S. The van der Waals surface area contributed by atoms with Gasteiger partial charge in [-0.3, -0.25) is 0 Å². The van der Waals surface area contributed by atoms with Crippen molar-refractivity contribution in [3.05, 3.63) is 30.3 Å². The maximum atomic E-state index is 12.1. The second-order valence-electron chi connectivity index (χ2n) is 4.56. The van der Waals surface area contributed by atoms with Crippen LogP contribution < -0.4 is 4.72 Å². The van der Waals surface area contributed by atoms with Gasteiger partial charge >= 0.3 is 0 Å². The molecule has 1 saturated carbocycles. The number of hydrogen-bond acceptors (Lipinski definition) is 3. The Morgan fingerprint density at radius 1 is 1.18 bits per heavy atom. The summed E-state index contributed by atoms with van der Waals surface area (Å²) in [6.07, 6.45) is 3.32. The normalized spacial score (nSPS) is 19.4.